The number of anilines is 1. The van der Waals surface area contributed by atoms with Gasteiger partial charge in [0, 0.05) is 13.1 Å². The predicted molar refractivity (Wildman–Crippen MR) is 131 cm³/mol. The van der Waals surface area contributed by atoms with Crippen LogP contribution in [-0.4, -0.2) is 64.7 Å². The first-order valence-corrected chi connectivity index (χ1v) is 12.8. The Bertz CT molecular complexity index is 1070. The second-order valence-electron chi connectivity index (χ2n) is 7.78. The molecular weight excluding hydrogens is 458 g/mol. The molecular formula is C24H33N3O6S. The van der Waals surface area contributed by atoms with E-state index < -0.39 is 28.5 Å². The molecule has 0 bridgehead atoms. The van der Waals surface area contributed by atoms with Gasteiger partial charge in [0.2, 0.25) is 21.8 Å². The van der Waals surface area contributed by atoms with E-state index in [0.717, 1.165) is 22.5 Å². The van der Waals surface area contributed by atoms with Crippen LogP contribution in [0, 0.1) is 0 Å². The van der Waals surface area contributed by atoms with E-state index in [2.05, 4.69) is 5.32 Å². The van der Waals surface area contributed by atoms with E-state index in [9.17, 15) is 18.0 Å². The molecule has 2 amide bonds. The summed E-state index contributed by atoms with van der Waals surface area (Å²) in [5.41, 5.74) is 1.01. The summed E-state index contributed by atoms with van der Waals surface area (Å²) in [6, 6.07) is 12.9. The molecule has 10 heteroatoms. The normalized spacial score (nSPS) is 11.9. The molecule has 0 aliphatic heterocycles. The average Bonchev–Trinajstić information content (AvgIpc) is 2.83. The molecule has 2 aromatic carbocycles. The molecule has 9 nitrogen and oxygen atoms in total. The van der Waals surface area contributed by atoms with E-state index in [1.165, 1.54) is 12.0 Å². The molecule has 0 aromatic heterocycles. The molecule has 186 valence electrons. The maximum atomic E-state index is 13.5. The Morgan fingerprint density at radius 3 is 2.24 bits per heavy atom. The first-order chi connectivity index (χ1) is 16.1. The second-order valence-corrected chi connectivity index (χ2v) is 9.69. The third-order valence-corrected chi connectivity index (χ3v) is 6.39. The molecule has 0 saturated heterocycles. The maximum absolute atomic E-state index is 13.5. The van der Waals surface area contributed by atoms with Crippen LogP contribution in [0.1, 0.15) is 25.8 Å². The highest BCUT2D eigenvalue weighted by Gasteiger charge is 2.31. The van der Waals surface area contributed by atoms with Crippen molar-refractivity contribution in [2.24, 2.45) is 0 Å². The summed E-state index contributed by atoms with van der Waals surface area (Å²) in [5.74, 6) is 0.143. The lowest BCUT2D eigenvalue weighted by atomic mass is 10.1. The highest BCUT2D eigenvalue weighted by Crippen LogP contribution is 2.29. The largest absolute Gasteiger partial charge is 0.497 e. The number of nitrogens with one attached hydrogen (secondary N) is 1. The Kier molecular flexibility index (Phi) is 9.73. The first-order valence-electron chi connectivity index (χ1n) is 10.9. The number of nitrogens with zero attached hydrogens (tertiary/aromatic N) is 2. The fraction of sp³-hybridized carbons (Fsp3) is 0.417. The molecule has 0 aliphatic carbocycles. The quantitative estimate of drug-likeness (QED) is 0.489. The fourth-order valence-electron chi connectivity index (χ4n) is 3.34. The van der Waals surface area contributed by atoms with Crippen LogP contribution >= 0.6 is 0 Å². The number of carbonyl (C=O) groups is 2. The molecule has 0 unspecified atom stereocenters. The third-order valence-electron chi connectivity index (χ3n) is 5.26. The fourth-order valence-corrected chi connectivity index (χ4v) is 4.19. The van der Waals surface area contributed by atoms with Gasteiger partial charge in [0.1, 0.15) is 24.1 Å². The number of amides is 2. The van der Waals surface area contributed by atoms with Gasteiger partial charge >= 0.3 is 0 Å². The number of rotatable bonds is 12. The van der Waals surface area contributed by atoms with Crippen molar-refractivity contribution in [3.05, 3.63) is 54.1 Å². The minimum absolute atomic E-state index is 0.118. The number of methoxy groups -OCH3 is 2. The van der Waals surface area contributed by atoms with Crippen molar-refractivity contribution in [3.8, 4) is 11.5 Å². The standard InChI is InChI=1S/C24H33N3O6S/c1-6-15-25-24(29)18(2)26(16-19-11-13-20(32-3)14-12-19)23(28)17-27(34(5,30)31)21-9-7-8-10-22(21)33-4/h7-14,18H,6,15-17H2,1-5H3,(H,25,29)/t18-/m0/s1. The minimum Gasteiger partial charge on any atom is -0.497 e. The van der Waals surface area contributed by atoms with E-state index in [1.54, 1.807) is 62.6 Å². The van der Waals surface area contributed by atoms with E-state index in [4.69, 9.17) is 9.47 Å². The van der Waals surface area contributed by atoms with Crippen LogP contribution in [0.5, 0.6) is 11.5 Å². The number of hydrogen-bond acceptors (Lipinski definition) is 6. The zero-order chi connectivity index (χ0) is 25.3. The lowest BCUT2D eigenvalue weighted by Gasteiger charge is -2.31. The third kappa shape index (κ3) is 7.11. The van der Waals surface area contributed by atoms with Crippen LogP contribution in [0.4, 0.5) is 5.69 Å². The maximum Gasteiger partial charge on any atom is 0.244 e. The lowest BCUT2D eigenvalue weighted by molar-refractivity contribution is -0.139. The summed E-state index contributed by atoms with van der Waals surface area (Å²) in [5, 5.41) is 2.80. The van der Waals surface area contributed by atoms with Crippen LogP contribution in [0.25, 0.3) is 0 Å². The van der Waals surface area contributed by atoms with Crippen LogP contribution < -0.4 is 19.1 Å². The first kappa shape index (κ1) is 27.0. The van der Waals surface area contributed by atoms with Gasteiger partial charge in [-0.15, -0.1) is 0 Å². The molecule has 0 radical (unpaired) electrons. The van der Waals surface area contributed by atoms with Crippen molar-refractivity contribution in [2.75, 3.05) is 37.9 Å². The van der Waals surface area contributed by atoms with Crippen molar-refractivity contribution >= 4 is 27.5 Å². The minimum atomic E-state index is -3.83. The lowest BCUT2D eigenvalue weighted by Crippen LogP contribution is -2.51. The molecule has 0 saturated carbocycles. The van der Waals surface area contributed by atoms with Gasteiger partial charge in [-0.05, 0) is 43.2 Å². The van der Waals surface area contributed by atoms with Crippen molar-refractivity contribution in [1.29, 1.82) is 0 Å². The Hall–Kier alpha value is -3.27. The van der Waals surface area contributed by atoms with E-state index in [-0.39, 0.29) is 18.1 Å². The Labute approximate surface area is 201 Å². The summed E-state index contributed by atoms with van der Waals surface area (Å²) < 4.78 is 36.8. The molecule has 0 spiro atoms. The Balaban J connectivity index is 2.39. The number of sulfonamides is 1. The summed E-state index contributed by atoms with van der Waals surface area (Å²) in [6.45, 7) is 3.67. The highest BCUT2D eigenvalue weighted by molar-refractivity contribution is 7.92. The van der Waals surface area contributed by atoms with E-state index in [1.807, 2.05) is 6.92 Å². The summed E-state index contributed by atoms with van der Waals surface area (Å²) >= 11 is 0. The van der Waals surface area contributed by atoms with Crippen molar-refractivity contribution in [3.63, 3.8) is 0 Å². The van der Waals surface area contributed by atoms with Gasteiger partial charge < -0.3 is 19.7 Å². The van der Waals surface area contributed by atoms with Gasteiger partial charge in [0.05, 0.1) is 26.2 Å². The van der Waals surface area contributed by atoms with Gasteiger partial charge in [-0.3, -0.25) is 13.9 Å². The molecule has 0 heterocycles. The second kappa shape index (κ2) is 12.3. The topological polar surface area (TPSA) is 105 Å². The van der Waals surface area contributed by atoms with Crippen molar-refractivity contribution < 1.29 is 27.5 Å². The van der Waals surface area contributed by atoms with Gasteiger partial charge in [-0.25, -0.2) is 8.42 Å². The molecule has 0 fully saturated rings. The summed E-state index contributed by atoms with van der Waals surface area (Å²) in [4.78, 5) is 27.6. The van der Waals surface area contributed by atoms with Crippen LogP contribution in [0.15, 0.2) is 48.5 Å². The van der Waals surface area contributed by atoms with E-state index >= 15 is 0 Å². The van der Waals surface area contributed by atoms with Crippen LogP contribution in [0.2, 0.25) is 0 Å². The van der Waals surface area contributed by atoms with E-state index in [0.29, 0.717) is 18.0 Å². The van der Waals surface area contributed by atoms with Gasteiger partial charge in [-0.2, -0.15) is 0 Å². The number of benzene rings is 2. The zero-order valence-electron chi connectivity index (χ0n) is 20.3. The average molecular weight is 492 g/mol. The van der Waals surface area contributed by atoms with Crippen LogP contribution in [0.3, 0.4) is 0 Å². The Morgan fingerprint density at radius 1 is 1.03 bits per heavy atom. The smallest absolute Gasteiger partial charge is 0.244 e. The summed E-state index contributed by atoms with van der Waals surface area (Å²) in [7, 11) is -0.846. The molecule has 2 aromatic rings. The highest BCUT2D eigenvalue weighted by atomic mass is 32.2. The van der Waals surface area contributed by atoms with Gasteiger partial charge in [-0.1, -0.05) is 31.2 Å². The number of ether oxygens (including phenoxy) is 2. The molecule has 34 heavy (non-hydrogen) atoms. The van der Waals surface area contributed by atoms with Gasteiger partial charge in [0.15, 0.2) is 0 Å². The number of hydrogen-bond donors (Lipinski definition) is 1. The van der Waals surface area contributed by atoms with Crippen LogP contribution in [-0.2, 0) is 26.2 Å². The number of carbonyl (C=O) groups excluding carboxylic acids is 2. The zero-order valence-corrected chi connectivity index (χ0v) is 21.1. The predicted octanol–water partition coefficient (Wildman–Crippen LogP) is 2.41. The number of para-hydroxylation sites is 2. The van der Waals surface area contributed by atoms with Crippen molar-refractivity contribution in [2.45, 2.75) is 32.9 Å². The molecule has 1 N–H and O–H groups in total. The molecule has 2 rings (SSSR count). The molecule has 1 atom stereocenters. The van der Waals surface area contributed by atoms with Crippen molar-refractivity contribution in [1.82, 2.24) is 10.2 Å². The van der Waals surface area contributed by atoms with Gasteiger partial charge in [0.25, 0.3) is 0 Å². The monoisotopic (exact) mass is 491 g/mol. The Morgan fingerprint density at radius 2 is 1.68 bits per heavy atom. The molecule has 0 aliphatic rings. The SMILES string of the molecule is CCCNC(=O)[C@H](C)N(Cc1ccc(OC)cc1)C(=O)CN(c1ccccc1OC)S(C)(=O)=O. The summed E-state index contributed by atoms with van der Waals surface area (Å²) in [6.07, 6.45) is 1.78.